The van der Waals surface area contributed by atoms with E-state index >= 15 is 0 Å². The van der Waals surface area contributed by atoms with E-state index in [1.165, 1.54) is 5.56 Å². The van der Waals surface area contributed by atoms with Gasteiger partial charge in [-0.3, -0.25) is 4.68 Å². The predicted octanol–water partition coefficient (Wildman–Crippen LogP) is 0.364. The van der Waals surface area contributed by atoms with Crippen LogP contribution in [0.1, 0.15) is 18.3 Å². The molecule has 0 unspecified atom stereocenters. The van der Waals surface area contributed by atoms with Crippen LogP contribution in [0.2, 0.25) is 0 Å². The van der Waals surface area contributed by atoms with Crippen molar-refractivity contribution >= 4 is 0 Å². The number of nitrogens with zero attached hydrogens (tertiary/aromatic N) is 5. The highest BCUT2D eigenvalue weighted by Crippen LogP contribution is 1.97. The van der Waals surface area contributed by atoms with E-state index in [0.717, 1.165) is 31.9 Å². The Morgan fingerprint density at radius 3 is 2.94 bits per heavy atom. The summed E-state index contributed by atoms with van der Waals surface area (Å²) in [5.41, 5.74) is 1.25. The third kappa shape index (κ3) is 3.13. The third-order valence-corrected chi connectivity index (χ3v) is 2.63. The minimum Gasteiger partial charge on any atom is -0.310 e. The Hall–Kier alpha value is -1.69. The topological polar surface area (TPSA) is 60.6 Å². The van der Waals surface area contributed by atoms with Crippen LogP contribution in [-0.4, -0.2) is 31.1 Å². The zero-order valence-electron chi connectivity index (χ0n) is 10.3. The molecule has 0 saturated heterocycles. The quantitative estimate of drug-likeness (QED) is 0.733. The van der Waals surface area contributed by atoms with Gasteiger partial charge in [0.15, 0.2) is 0 Å². The predicted molar refractivity (Wildman–Crippen MR) is 64.3 cm³/mol. The minimum atomic E-state index is 0.758. The number of aromatic nitrogens is 5. The molecule has 0 amide bonds. The van der Waals surface area contributed by atoms with Crippen molar-refractivity contribution in [1.82, 2.24) is 29.9 Å². The first-order valence-electron chi connectivity index (χ1n) is 5.84. The van der Waals surface area contributed by atoms with Gasteiger partial charge in [-0.2, -0.15) is 10.2 Å². The van der Waals surface area contributed by atoms with E-state index in [0.29, 0.717) is 0 Å². The van der Waals surface area contributed by atoms with E-state index in [1.807, 2.05) is 28.8 Å². The van der Waals surface area contributed by atoms with Gasteiger partial charge in [0.25, 0.3) is 0 Å². The summed E-state index contributed by atoms with van der Waals surface area (Å²) in [7, 11) is 1.93. The van der Waals surface area contributed by atoms with Crippen molar-refractivity contribution in [2.24, 2.45) is 7.05 Å². The summed E-state index contributed by atoms with van der Waals surface area (Å²) in [5.74, 6) is 0.985. The van der Waals surface area contributed by atoms with Crippen LogP contribution < -0.4 is 5.32 Å². The molecule has 17 heavy (non-hydrogen) atoms. The molecule has 0 aromatic carbocycles. The summed E-state index contributed by atoms with van der Waals surface area (Å²) >= 11 is 0. The summed E-state index contributed by atoms with van der Waals surface area (Å²) in [4.78, 5) is 4.21. The van der Waals surface area contributed by atoms with Gasteiger partial charge in [-0.05, 0) is 25.5 Å². The molecule has 2 heterocycles. The number of aryl methyl sites for hydroxylation is 2. The number of hydrogen-bond acceptors (Lipinski definition) is 4. The zero-order valence-corrected chi connectivity index (χ0v) is 10.3. The molecular formula is C11H18N6. The van der Waals surface area contributed by atoms with E-state index in [2.05, 4.69) is 27.4 Å². The smallest absolute Gasteiger partial charge is 0.140 e. The third-order valence-electron chi connectivity index (χ3n) is 2.63. The summed E-state index contributed by atoms with van der Waals surface area (Å²) in [6.45, 7) is 4.60. The fourth-order valence-corrected chi connectivity index (χ4v) is 1.72. The van der Waals surface area contributed by atoms with E-state index in [4.69, 9.17) is 0 Å². The first-order chi connectivity index (χ1) is 8.29. The van der Waals surface area contributed by atoms with Crippen LogP contribution in [0.3, 0.4) is 0 Å². The van der Waals surface area contributed by atoms with Crippen molar-refractivity contribution in [2.75, 3.05) is 6.54 Å². The highest BCUT2D eigenvalue weighted by Gasteiger charge is 2.01. The van der Waals surface area contributed by atoms with Crippen molar-refractivity contribution in [3.63, 3.8) is 0 Å². The molecule has 6 nitrogen and oxygen atoms in total. The van der Waals surface area contributed by atoms with E-state index in [9.17, 15) is 0 Å². The lowest BCUT2D eigenvalue weighted by Gasteiger charge is -2.04. The lowest BCUT2D eigenvalue weighted by molar-refractivity contribution is 0.573. The van der Waals surface area contributed by atoms with Crippen LogP contribution >= 0.6 is 0 Å². The standard InChI is InChI=1S/C11H18N6/c1-3-17-11(13-9-15-17)7-12-5-4-10-6-14-16(2)8-10/h6,8-9,12H,3-5,7H2,1-2H3. The highest BCUT2D eigenvalue weighted by atomic mass is 15.3. The van der Waals surface area contributed by atoms with Gasteiger partial charge in [0, 0.05) is 19.8 Å². The lowest BCUT2D eigenvalue weighted by atomic mass is 10.2. The minimum absolute atomic E-state index is 0.758. The van der Waals surface area contributed by atoms with Crippen LogP contribution in [0, 0.1) is 0 Å². The van der Waals surface area contributed by atoms with Crippen LogP contribution in [0.5, 0.6) is 0 Å². The van der Waals surface area contributed by atoms with Gasteiger partial charge in [-0.25, -0.2) is 9.67 Å². The summed E-state index contributed by atoms with van der Waals surface area (Å²) in [6, 6.07) is 0. The Kier molecular flexibility index (Phi) is 3.87. The maximum absolute atomic E-state index is 4.21. The maximum atomic E-state index is 4.21. The van der Waals surface area contributed by atoms with Gasteiger partial charge in [-0.15, -0.1) is 0 Å². The second-order valence-corrected chi connectivity index (χ2v) is 3.94. The Balaban J connectivity index is 1.73. The fraction of sp³-hybridized carbons (Fsp3) is 0.545. The Morgan fingerprint density at radius 2 is 2.24 bits per heavy atom. The number of nitrogens with one attached hydrogen (secondary N) is 1. The molecule has 92 valence electrons. The van der Waals surface area contributed by atoms with Gasteiger partial charge in [0.2, 0.25) is 0 Å². The highest BCUT2D eigenvalue weighted by molar-refractivity contribution is 5.03. The van der Waals surface area contributed by atoms with Gasteiger partial charge >= 0.3 is 0 Å². The van der Waals surface area contributed by atoms with Gasteiger partial charge < -0.3 is 5.32 Å². The first-order valence-corrected chi connectivity index (χ1v) is 5.84. The summed E-state index contributed by atoms with van der Waals surface area (Å²) in [6.07, 6.45) is 6.52. The molecule has 0 aliphatic heterocycles. The maximum Gasteiger partial charge on any atom is 0.140 e. The lowest BCUT2D eigenvalue weighted by Crippen LogP contribution is -2.19. The molecule has 2 rings (SSSR count). The van der Waals surface area contributed by atoms with Crippen molar-refractivity contribution < 1.29 is 0 Å². The normalized spacial score (nSPS) is 10.9. The summed E-state index contributed by atoms with van der Waals surface area (Å²) in [5, 5.41) is 11.6. The molecule has 0 saturated carbocycles. The van der Waals surface area contributed by atoms with Crippen LogP contribution in [0.25, 0.3) is 0 Å². The van der Waals surface area contributed by atoms with E-state index in [-0.39, 0.29) is 0 Å². The molecule has 0 atom stereocenters. The molecule has 0 spiro atoms. The summed E-state index contributed by atoms with van der Waals surface area (Å²) < 4.78 is 3.72. The van der Waals surface area contributed by atoms with Crippen LogP contribution in [-0.2, 0) is 26.6 Å². The molecule has 2 aromatic heterocycles. The molecule has 2 aromatic rings. The van der Waals surface area contributed by atoms with Gasteiger partial charge in [0.05, 0.1) is 12.7 Å². The Labute approximate surface area is 101 Å². The van der Waals surface area contributed by atoms with Crippen LogP contribution in [0.4, 0.5) is 0 Å². The Morgan fingerprint density at radius 1 is 1.35 bits per heavy atom. The van der Waals surface area contributed by atoms with Crippen molar-refractivity contribution in [3.05, 3.63) is 30.1 Å². The largest absolute Gasteiger partial charge is 0.310 e. The molecule has 6 heteroatoms. The molecule has 0 radical (unpaired) electrons. The van der Waals surface area contributed by atoms with Gasteiger partial charge in [0.1, 0.15) is 12.2 Å². The molecular weight excluding hydrogens is 216 g/mol. The fourth-order valence-electron chi connectivity index (χ4n) is 1.72. The molecule has 0 fully saturated rings. The molecule has 0 aliphatic carbocycles. The number of rotatable bonds is 6. The van der Waals surface area contributed by atoms with Crippen molar-refractivity contribution in [2.45, 2.75) is 26.4 Å². The van der Waals surface area contributed by atoms with Crippen molar-refractivity contribution in [1.29, 1.82) is 0 Å². The second-order valence-electron chi connectivity index (χ2n) is 3.94. The SMILES string of the molecule is CCn1ncnc1CNCCc1cnn(C)c1. The Bertz CT molecular complexity index is 458. The van der Waals surface area contributed by atoms with E-state index in [1.54, 1.807) is 6.33 Å². The van der Waals surface area contributed by atoms with E-state index < -0.39 is 0 Å². The first kappa shape index (κ1) is 11.8. The van der Waals surface area contributed by atoms with Crippen LogP contribution in [0.15, 0.2) is 18.7 Å². The second kappa shape index (κ2) is 5.58. The average molecular weight is 234 g/mol. The molecule has 0 aliphatic rings. The van der Waals surface area contributed by atoms with Crippen molar-refractivity contribution in [3.8, 4) is 0 Å². The van der Waals surface area contributed by atoms with Gasteiger partial charge in [-0.1, -0.05) is 0 Å². The average Bonchev–Trinajstić information content (AvgIpc) is 2.93. The monoisotopic (exact) mass is 234 g/mol. The zero-order chi connectivity index (χ0) is 12.1. The number of hydrogen-bond donors (Lipinski definition) is 1. The molecule has 1 N–H and O–H groups in total. The molecule has 0 bridgehead atoms.